The number of carbonyl (C=O) groups excluding carboxylic acids is 1. The van der Waals surface area contributed by atoms with Gasteiger partial charge in [-0.05, 0) is 45.7 Å². The van der Waals surface area contributed by atoms with E-state index in [0.717, 1.165) is 5.39 Å². The zero-order chi connectivity index (χ0) is 21.1. The van der Waals surface area contributed by atoms with Gasteiger partial charge in [-0.1, -0.05) is 12.1 Å². The van der Waals surface area contributed by atoms with Crippen LogP contribution in [-0.4, -0.2) is 32.2 Å². The van der Waals surface area contributed by atoms with Crippen molar-refractivity contribution >= 4 is 28.5 Å². The van der Waals surface area contributed by atoms with Gasteiger partial charge in [0.05, 0.1) is 22.1 Å². The quantitative estimate of drug-likeness (QED) is 0.595. The first kappa shape index (κ1) is 20.2. The fraction of sp³-hybridized carbons (Fsp3) is 0.545. The molecule has 1 aromatic carbocycles. The third kappa shape index (κ3) is 3.13. The van der Waals surface area contributed by atoms with Crippen molar-refractivity contribution in [2.24, 2.45) is 5.92 Å². The van der Waals surface area contributed by atoms with E-state index < -0.39 is 22.5 Å². The largest absolute Gasteiger partial charge is 0.486 e. The van der Waals surface area contributed by atoms with Gasteiger partial charge in [0.15, 0.2) is 6.73 Å². The standard InChI is InChI=1S/C22H26ClNO5/c1-12(25)28-11-24-15-8-6-5-7-13(15)18-17(20(24)26)16-14(21(2,3)29-18)9-10-22(4,27)19(16)23/h5-8,14,16,19,27H,9-11H2,1-4H3. The van der Waals surface area contributed by atoms with E-state index in [9.17, 15) is 14.7 Å². The van der Waals surface area contributed by atoms with E-state index in [1.807, 2.05) is 32.0 Å². The number of hydrogen-bond donors (Lipinski definition) is 1. The van der Waals surface area contributed by atoms with Crippen molar-refractivity contribution in [3.8, 4) is 5.75 Å². The molecule has 1 aliphatic heterocycles. The van der Waals surface area contributed by atoms with E-state index in [0.29, 0.717) is 29.7 Å². The van der Waals surface area contributed by atoms with Gasteiger partial charge in [-0.2, -0.15) is 0 Å². The molecular weight excluding hydrogens is 394 g/mol. The number of hydrogen-bond acceptors (Lipinski definition) is 5. The first-order valence-electron chi connectivity index (χ1n) is 9.89. The summed E-state index contributed by atoms with van der Waals surface area (Å²) in [6, 6.07) is 7.39. The van der Waals surface area contributed by atoms with Crippen LogP contribution >= 0.6 is 11.6 Å². The molecule has 1 aromatic heterocycles. The number of halogens is 1. The summed E-state index contributed by atoms with van der Waals surface area (Å²) in [6.45, 7) is 6.86. The summed E-state index contributed by atoms with van der Waals surface area (Å²) in [6.07, 6.45) is 1.24. The van der Waals surface area contributed by atoms with Crippen molar-refractivity contribution in [3.05, 3.63) is 40.2 Å². The van der Waals surface area contributed by atoms with Gasteiger partial charge in [-0.3, -0.25) is 14.2 Å². The molecule has 0 amide bonds. The van der Waals surface area contributed by atoms with Gasteiger partial charge in [0.1, 0.15) is 11.4 Å². The Morgan fingerprint density at radius 2 is 2.03 bits per heavy atom. The normalized spacial score (nSPS) is 30.2. The second kappa shape index (κ2) is 6.74. The van der Waals surface area contributed by atoms with Gasteiger partial charge in [-0.15, -0.1) is 11.6 Å². The number of carbonyl (C=O) groups is 1. The Bertz CT molecular complexity index is 1040. The van der Waals surface area contributed by atoms with Crippen molar-refractivity contribution in [2.75, 3.05) is 0 Å². The minimum Gasteiger partial charge on any atom is -0.486 e. The van der Waals surface area contributed by atoms with Crippen LogP contribution in [0.25, 0.3) is 10.9 Å². The number of fused-ring (bicyclic) bond motifs is 5. The third-order valence-corrected chi connectivity index (χ3v) is 7.19. The average Bonchev–Trinajstić information content (AvgIpc) is 2.63. The highest BCUT2D eigenvalue weighted by molar-refractivity contribution is 6.22. The molecule has 6 nitrogen and oxygen atoms in total. The van der Waals surface area contributed by atoms with E-state index in [1.54, 1.807) is 13.0 Å². The molecule has 1 N–H and O–H groups in total. The molecule has 0 saturated heterocycles. The van der Waals surface area contributed by atoms with Crippen LogP contribution in [0.15, 0.2) is 29.1 Å². The van der Waals surface area contributed by atoms with E-state index in [4.69, 9.17) is 21.1 Å². The van der Waals surface area contributed by atoms with Crippen LogP contribution in [0.5, 0.6) is 5.75 Å². The molecule has 29 heavy (non-hydrogen) atoms. The summed E-state index contributed by atoms with van der Waals surface area (Å²) in [4.78, 5) is 25.0. The zero-order valence-corrected chi connectivity index (χ0v) is 17.8. The van der Waals surface area contributed by atoms with Crippen molar-refractivity contribution in [1.29, 1.82) is 0 Å². The fourth-order valence-electron chi connectivity index (χ4n) is 4.91. The Morgan fingerprint density at radius 3 is 2.72 bits per heavy atom. The molecule has 0 bridgehead atoms. The summed E-state index contributed by atoms with van der Waals surface area (Å²) < 4.78 is 13.0. The Kier molecular flexibility index (Phi) is 4.70. The number of nitrogens with zero attached hydrogens (tertiary/aromatic N) is 1. The molecule has 7 heteroatoms. The number of pyridine rings is 1. The number of ether oxygens (including phenoxy) is 2. The van der Waals surface area contributed by atoms with E-state index in [1.165, 1.54) is 11.5 Å². The minimum atomic E-state index is -1.09. The second-order valence-corrected chi connectivity index (χ2v) is 9.36. The maximum atomic E-state index is 13.6. The van der Waals surface area contributed by atoms with Gasteiger partial charge in [-0.25, -0.2) is 0 Å². The molecule has 156 valence electrons. The molecule has 2 aliphatic rings. The van der Waals surface area contributed by atoms with Gasteiger partial charge in [0, 0.05) is 24.1 Å². The predicted octanol–water partition coefficient (Wildman–Crippen LogP) is 3.55. The van der Waals surface area contributed by atoms with Gasteiger partial charge in [0.2, 0.25) is 0 Å². The van der Waals surface area contributed by atoms with Crippen molar-refractivity contribution in [1.82, 2.24) is 4.57 Å². The maximum Gasteiger partial charge on any atom is 0.304 e. The Balaban J connectivity index is 2.02. The molecule has 2 aromatic rings. The second-order valence-electron chi connectivity index (χ2n) is 8.89. The minimum absolute atomic E-state index is 0.0197. The topological polar surface area (TPSA) is 77.8 Å². The van der Waals surface area contributed by atoms with Crippen LogP contribution in [0.2, 0.25) is 0 Å². The molecule has 2 heterocycles. The zero-order valence-electron chi connectivity index (χ0n) is 17.1. The first-order valence-corrected chi connectivity index (χ1v) is 10.3. The summed E-state index contributed by atoms with van der Waals surface area (Å²) >= 11 is 6.80. The molecule has 1 aliphatic carbocycles. The summed E-state index contributed by atoms with van der Waals surface area (Å²) in [7, 11) is 0. The SMILES string of the molecule is CC(=O)OCn1c(=O)c2c(c3ccccc31)OC(C)(C)C1CCC(C)(O)C(Cl)C21. The van der Waals surface area contributed by atoms with E-state index in [-0.39, 0.29) is 24.1 Å². The summed E-state index contributed by atoms with van der Waals surface area (Å²) in [5.74, 6) is -0.349. The Labute approximate surface area is 174 Å². The molecular formula is C22H26ClNO5. The smallest absolute Gasteiger partial charge is 0.304 e. The van der Waals surface area contributed by atoms with Crippen LogP contribution in [0, 0.1) is 5.92 Å². The van der Waals surface area contributed by atoms with Crippen LogP contribution in [-0.2, 0) is 16.3 Å². The number of rotatable bonds is 2. The highest BCUT2D eigenvalue weighted by Gasteiger charge is 2.55. The first-order chi connectivity index (χ1) is 13.5. The number of aliphatic hydroxyl groups is 1. The summed E-state index contributed by atoms with van der Waals surface area (Å²) in [5, 5.41) is 11.0. The lowest BCUT2D eigenvalue weighted by molar-refractivity contribution is -0.144. The molecule has 1 fully saturated rings. The molecule has 0 spiro atoms. The van der Waals surface area contributed by atoms with Crippen LogP contribution < -0.4 is 10.3 Å². The lowest BCUT2D eigenvalue weighted by Gasteiger charge is -2.52. The monoisotopic (exact) mass is 419 g/mol. The Hall–Kier alpha value is -2.05. The lowest BCUT2D eigenvalue weighted by atomic mass is 9.62. The van der Waals surface area contributed by atoms with E-state index in [2.05, 4.69) is 0 Å². The van der Waals surface area contributed by atoms with E-state index >= 15 is 0 Å². The molecule has 4 unspecified atom stereocenters. The van der Waals surface area contributed by atoms with Crippen molar-refractivity contribution in [2.45, 2.75) is 69.8 Å². The average molecular weight is 420 g/mol. The highest BCUT2D eigenvalue weighted by Crippen LogP contribution is 2.55. The van der Waals surface area contributed by atoms with Crippen molar-refractivity contribution < 1.29 is 19.4 Å². The molecule has 0 radical (unpaired) electrons. The fourth-order valence-corrected chi connectivity index (χ4v) is 5.32. The number of alkyl halides is 1. The lowest BCUT2D eigenvalue weighted by Crippen LogP contribution is -2.57. The van der Waals surface area contributed by atoms with Gasteiger partial charge in [0.25, 0.3) is 5.56 Å². The molecule has 4 atom stereocenters. The number of aromatic nitrogens is 1. The predicted molar refractivity (Wildman–Crippen MR) is 110 cm³/mol. The molecule has 4 rings (SSSR count). The highest BCUT2D eigenvalue weighted by atomic mass is 35.5. The van der Waals surface area contributed by atoms with Crippen molar-refractivity contribution in [3.63, 3.8) is 0 Å². The Morgan fingerprint density at radius 1 is 1.34 bits per heavy atom. The number of benzene rings is 1. The molecule has 1 saturated carbocycles. The number of para-hydroxylation sites is 1. The van der Waals surface area contributed by atoms with Gasteiger partial charge < -0.3 is 14.6 Å². The third-order valence-electron chi connectivity index (χ3n) is 6.45. The number of esters is 1. The van der Waals surface area contributed by atoms with Crippen LogP contribution in [0.4, 0.5) is 0 Å². The summed E-state index contributed by atoms with van der Waals surface area (Å²) in [5.41, 5.74) is -0.848. The van der Waals surface area contributed by atoms with Crippen LogP contribution in [0.1, 0.15) is 52.0 Å². The van der Waals surface area contributed by atoms with Gasteiger partial charge >= 0.3 is 5.97 Å². The maximum absolute atomic E-state index is 13.6. The van der Waals surface area contributed by atoms with Crippen LogP contribution in [0.3, 0.4) is 0 Å².